The van der Waals surface area contributed by atoms with E-state index in [0.717, 1.165) is 0 Å². The molecule has 3 N–H and O–H groups in total. The van der Waals surface area contributed by atoms with Crippen LogP contribution >= 0.6 is 0 Å². The second-order valence-corrected chi connectivity index (χ2v) is 6.04. The summed E-state index contributed by atoms with van der Waals surface area (Å²) in [4.78, 5) is 42.0. The highest BCUT2D eigenvalue weighted by atomic mass is 16.5. The number of ether oxygens (including phenoxy) is 1. The Kier molecular flexibility index (Phi) is 5.13. The molecule has 136 valence electrons. The maximum atomic E-state index is 12.3. The third-order valence-corrected chi connectivity index (χ3v) is 4.15. The second-order valence-electron chi connectivity index (χ2n) is 6.04. The van der Waals surface area contributed by atoms with Gasteiger partial charge in [0.25, 0.3) is 11.5 Å². The molecule has 0 unspecified atom stereocenters. The second kappa shape index (κ2) is 7.49. The smallest absolute Gasteiger partial charge is 0.332 e. The van der Waals surface area contributed by atoms with E-state index < -0.39 is 24.1 Å². The zero-order chi connectivity index (χ0) is 18.7. The molecule has 1 aliphatic rings. The third-order valence-electron chi connectivity index (χ3n) is 4.15. The number of carbonyl (C=O) groups is 2. The Morgan fingerprint density at radius 2 is 2.08 bits per heavy atom. The van der Waals surface area contributed by atoms with Crippen LogP contribution in [0.3, 0.4) is 0 Å². The van der Waals surface area contributed by atoms with Crippen molar-refractivity contribution in [3.63, 3.8) is 0 Å². The minimum absolute atomic E-state index is 0.236. The fourth-order valence-corrected chi connectivity index (χ4v) is 2.80. The fourth-order valence-electron chi connectivity index (χ4n) is 2.80. The quantitative estimate of drug-likeness (QED) is 0.747. The highest BCUT2D eigenvalue weighted by molar-refractivity contribution is 5.95. The van der Waals surface area contributed by atoms with Crippen LogP contribution in [0.5, 0.6) is 0 Å². The van der Waals surface area contributed by atoms with Crippen molar-refractivity contribution in [2.24, 2.45) is 0 Å². The van der Waals surface area contributed by atoms with Crippen molar-refractivity contribution in [2.75, 3.05) is 5.32 Å². The Balaban J connectivity index is 1.76. The summed E-state index contributed by atoms with van der Waals surface area (Å²) < 4.78 is 5.25. The molecule has 0 saturated carbocycles. The highest BCUT2D eigenvalue weighted by Crippen LogP contribution is 2.23. The van der Waals surface area contributed by atoms with Gasteiger partial charge in [-0.15, -0.1) is 0 Å². The van der Waals surface area contributed by atoms with Crippen molar-refractivity contribution < 1.29 is 19.4 Å². The number of anilines is 1. The van der Waals surface area contributed by atoms with Gasteiger partial charge in [0.05, 0.1) is 0 Å². The SMILES string of the molecule is CCc1cc(=O)[nH]c(-c2cccc(NC(=O)[C@@H]3CC[C@H](C(=O)O)O3)c2)n1. The van der Waals surface area contributed by atoms with Crippen LogP contribution in [-0.4, -0.2) is 39.2 Å². The number of H-pyrrole nitrogens is 1. The van der Waals surface area contributed by atoms with Crippen LogP contribution in [0.1, 0.15) is 25.5 Å². The molecule has 1 aromatic carbocycles. The lowest BCUT2D eigenvalue weighted by Crippen LogP contribution is -2.29. The molecule has 0 bridgehead atoms. The Bertz CT molecular complexity index is 892. The number of nitrogens with one attached hydrogen (secondary N) is 2. The molecule has 3 rings (SSSR count). The Hall–Kier alpha value is -3.00. The fraction of sp³-hybridized carbons (Fsp3) is 0.333. The van der Waals surface area contributed by atoms with Crippen molar-refractivity contribution in [3.8, 4) is 11.4 Å². The number of aryl methyl sites for hydroxylation is 1. The lowest BCUT2D eigenvalue weighted by atomic mass is 10.1. The normalized spacial score (nSPS) is 19.3. The van der Waals surface area contributed by atoms with Gasteiger partial charge in [-0.3, -0.25) is 9.59 Å². The molecule has 0 aliphatic carbocycles. The highest BCUT2D eigenvalue weighted by Gasteiger charge is 2.34. The van der Waals surface area contributed by atoms with Crippen LogP contribution in [0, 0.1) is 0 Å². The van der Waals surface area contributed by atoms with E-state index in [0.29, 0.717) is 42.0 Å². The number of rotatable bonds is 5. The summed E-state index contributed by atoms with van der Waals surface area (Å²) >= 11 is 0. The number of carbonyl (C=O) groups excluding carboxylic acids is 1. The number of aromatic nitrogens is 2. The van der Waals surface area contributed by atoms with Crippen LogP contribution in [0.4, 0.5) is 5.69 Å². The molecule has 8 heteroatoms. The van der Waals surface area contributed by atoms with Gasteiger partial charge in [0.15, 0.2) is 6.10 Å². The van der Waals surface area contributed by atoms with Crippen LogP contribution in [0.15, 0.2) is 35.1 Å². The van der Waals surface area contributed by atoms with E-state index in [1.54, 1.807) is 24.3 Å². The number of hydrogen-bond donors (Lipinski definition) is 3. The maximum absolute atomic E-state index is 12.3. The molecule has 2 heterocycles. The molecular weight excluding hydrogens is 338 g/mol. The van der Waals surface area contributed by atoms with Gasteiger partial charge in [-0.25, -0.2) is 9.78 Å². The molecule has 0 radical (unpaired) electrons. The van der Waals surface area contributed by atoms with Crippen molar-refractivity contribution in [2.45, 2.75) is 38.4 Å². The lowest BCUT2D eigenvalue weighted by molar-refractivity contribution is -0.150. The molecule has 0 spiro atoms. The summed E-state index contributed by atoms with van der Waals surface area (Å²) in [5.74, 6) is -1.03. The van der Waals surface area contributed by atoms with Gasteiger partial charge in [0, 0.05) is 23.0 Å². The van der Waals surface area contributed by atoms with E-state index in [1.807, 2.05) is 6.92 Å². The number of hydrogen-bond acceptors (Lipinski definition) is 5. The molecule has 2 aromatic rings. The molecule has 8 nitrogen and oxygen atoms in total. The van der Waals surface area contributed by atoms with Crippen molar-refractivity contribution >= 4 is 17.6 Å². The first-order chi connectivity index (χ1) is 12.5. The molecular formula is C18H19N3O5. The van der Waals surface area contributed by atoms with Crippen molar-refractivity contribution in [1.29, 1.82) is 0 Å². The molecule has 2 atom stereocenters. The van der Waals surface area contributed by atoms with Gasteiger partial charge >= 0.3 is 5.97 Å². The molecule has 1 fully saturated rings. The van der Waals surface area contributed by atoms with E-state index in [2.05, 4.69) is 15.3 Å². The third kappa shape index (κ3) is 3.97. The minimum atomic E-state index is -1.06. The number of nitrogens with zero attached hydrogens (tertiary/aromatic N) is 1. The van der Waals surface area contributed by atoms with E-state index in [1.165, 1.54) is 6.07 Å². The van der Waals surface area contributed by atoms with Gasteiger partial charge in [-0.1, -0.05) is 19.1 Å². The maximum Gasteiger partial charge on any atom is 0.332 e. The molecule has 1 aromatic heterocycles. The van der Waals surface area contributed by atoms with Crippen LogP contribution in [-0.2, 0) is 20.7 Å². The zero-order valence-corrected chi connectivity index (χ0v) is 14.2. The van der Waals surface area contributed by atoms with Gasteiger partial charge in [-0.05, 0) is 31.4 Å². The number of aliphatic carboxylic acids is 1. The standard InChI is InChI=1S/C18H19N3O5/c1-2-11-9-15(22)21-16(19-11)10-4-3-5-12(8-10)20-17(23)13-6-7-14(26-13)18(24)25/h3-5,8-9,13-14H,2,6-7H2,1H3,(H,20,23)(H,24,25)(H,19,21,22)/t13-,14+/m0/s1. The van der Waals surface area contributed by atoms with Crippen molar-refractivity contribution in [1.82, 2.24) is 9.97 Å². The van der Waals surface area contributed by atoms with E-state index in [-0.39, 0.29) is 5.56 Å². The Morgan fingerprint density at radius 3 is 2.77 bits per heavy atom. The minimum Gasteiger partial charge on any atom is -0.479 e. The zero-order valence-electron chi connectivity index (χ0n) is 14.2. The monoisotopic (exact) mass is 357 g/mol. The van der Waals surface area contributed by atoms with E-state index >= 15 is 0 Å². The van der Waals surface area contributed by atoms with Crippen LogP contribution in [0.2, 0.25) is 0 Å². The number of benzene rings is 1. The molecule has 26 heavy (non-hydrogen) atoms. The predicted molar refractivity (Wildman–Crippen MR) is 93.8 cm³/mol. The summed E-state index contributed by atoms with van der Waals surface area (Å²) in [6.07, 6.45) is -0.431. The van der Waals surface area contributed by atoms with Gasteiger partial charge < -0.3 is 20.1 Å². The van der Waals surface area contributed by atoms with Gasteiger partial charge in [-0.2, -0.15) is 0 Å². The molecule has 1 aliphatic heterocycles. The topological polar surface area (TPSA) is 121 Å². The lowest BCUT2D eigenvalue weighted by Gasteiger charge is -2.12. The summed E-state index contributed by atoms with van der Waals surface area (Å²) in [6.45, 7) is 1.91. The summed E-state index contributed by atoms with van der Waals surface area (Å²) in [7, 11) is 0. The predicted octanol–water partition coefficient (Wildman–Crippen LogP) is 1.57. The van der Waals surface area contributed by atoms with Gasteiger partial charge in [0.1, 0.15) is 11.9 Å². The van der Waals surface area contributed by atoms with Crippen molar-refractivity contribution in [3.05, 3.63) is 46.4 Å². The average molecular weight is 357 g/mol. The largest absolute Gasteiger partial charge is 0.479 e. The molecule has 1 amide bonds. The number of amides is 1. The summed E-state index contributed by atoms with van der Waals surface area (Å²) in [5, 5.41) is 11.7. The van der Waals surface area contributed by atoms with Crippen LogP contribution < -0.4 is 10.9 Å². The number of aromatic amines is 1. The summed E-state index contributed by atoms with van der Waals surface area (Å²) in [5.41, 5.74) is 1.61. The van der Waals surface area contributed by atoms with Crippen LogP contribution in [0.25, 0.3) is 11.4 Å². The number of carboxylic acids is 1. The van der Waals surface area contributed by atoms with Gasteiger partial charge in [0.2, 0.25) is 0 Å². The number of carboxylic acid groups (broad SMARTS) is 1. The Labute approximate surface area is 149 Å². The first kappa shape index (κ1) is 17.8. The first-order valence-corrected chi connectivity index (χ1v) is 8.36. The summed E-state index contributed by atoms with van der Waals surface area (Å²) in [6, 6.07) is 8.36. The molecule has 1 saturated heterocycles. The first-order valence-electron chi connectivity index (χ1n) is 8.36. The van der Waals surface area contributed by atoms with E-state index in [4.69, 9.17) is 9.84 Å². The Morgan fingerprint density at radius 1 is 1.31 bits per heavy atom. The average Bonchev–Trinajstić information content (AvgIpc) is 3.12. The van der Waals surface area contributed by atoms with E-state index in [9.17, 15) is 14.4 Å².